The quantitative estimate of drug-likeness (QED) is 0.742. The Morgan fingerprint density at radius 2 is 1.75 bits per heavy atom. The van der Waals surface area contributed by atoms with Crippen LogP contribution in [0.3, 0.4) is 0 Å². The summed E-state index contributed by atoms with van der Waals surface area (Å²) in [7, 11) is 1.61. The smallest absolute Gasteiger partial charge is 0.411 e. The van der Waals surface area contributed by atoms with Crippen LogP contribution in [0.4, 0.5) is 18.9 Å². The number of anilines is 1. The second kappa shape index (κ2) is 8.23. The predicted octanol–water partition coefficient (Wildman–Crippen LogP) is 2.31. The molecule has 24 heavy (non-hydrogen) atoms. The van der Waals surface area contributed by atoms with E-state index in [0.29, 0.717) is 26.2 Å². The van der Waals surface area contributed by atoms with Gasteiger partial charge in [0, 0.05) is 31.9 Å². The van der Waals surface area contributed by atoms with Gasteiger partial charge in [0.1, 0.15) is 12.4 Å². The molecule has 0 atom stereocenters. The van der Waals surface area contributed by atoms with Gasteiger partial charge in [-0.1, -0.05) is 0 Å². The van der Waals surface area contributed by atoms with E-state index in [-0.39, 0.29) is 18.9 Å². The van der Waals surface area contributed by atoms with Gasteiger partial charge in [-0.15, -0.1) is 0 Å². The summed E-state index contributed by atoms with van der Waals surface area (Å²) >= 11 is 0. The summed E-state index contributed by atoms with van der Waals surface area (Å²) in [6.45, 7) is 0.930. The van der Waals surface area contributed by atoms with Crippen molar-refractivity contribution in [3.05, 3.63) is 24.3 Å². The Morgan fingerprint density at radius 3 is 2.29 bits per heavy atom. The molecule has 1 aromatic carbocycles. The molecule has 0 N–H and O–H groups in total. The fourth-order valence-corrected chi connectivity index (χ4v) is 2.51. The van der Waals surface area contributed by atoms with Crippen molar-refractivity contribution in [1.29, 1.82) is 0 Å². The summed E-state index contributed by atoms with van der Waals surface area (Å²) in [6, 6.07) is 7.68. The van der Waals surface area contributed by atoms with E-state index < -0.39 is 12.8 Å². The summed E-state index contributed by atoms with van der Waals surface area (Å²) in [5.74, 6) is 0.609. The highest BCUT2D eigenvalue weighted by molar-refractivity contribution is 5.76. The van der Waals surface area contributed by atoms with Crippen molar-refractivity contribution >= 4 is 11.6 Å². The summed E-state index contributed by atoms with van der Waals surface area (Å²) in [5, 5.41) is 0. The summed E-state index contributed by atoms with van der Waals surface area (Å²) in [6.07, 6.45) is -4.38. The Morgan fingerprint density at radius 1 is 1.12 bits per heavy atom. The first kappa shape index (κ1) is 18.4. The number of amides is 1. The van der Waals surface area contributed by atoms with Gasteiger partial charge in [0.2, 0.25) is 5.91 Å². The second-order valence-electron chi connectivity index (χ2n) is 5.48. The molecule has 0 unspecified atom stereocenters. The van der Waals surface area contributed by atoms with E-state index in [1.807, 2.05) is 24.3 Å². The maximum atomic E-state index is 12.0. The summed E-state index contributed by atoms with van der Waals surface area (Å²) in [5.41, 5.74) is 1.05. The molecule has 1 aliphatic heterocycles. The topological polar surface area (TPSA) is 42.0 Å². The Kier molecular flexibility index (Phi) is 6.30. The minimum Gasteiger partial charge on any atom is -0.497 e. The minimum absolute atomic E-state index is 0.0292. The number of piperazine rings is 1. The number of carbonyl (C=O) groups is 1. The highest BCUT2D eigenvalue weighted by Gasteiger charge is 2.27. The van der Waals surface area contributed by atoms with Crippen molar-refractivity contribution < 1.29 is 27.4 Å². The summed E-state index contributed by atoms with van der Waals surface area (Å²) < 4.78 is 45.5. The first-order valence-corrected chi connectivity index (χ1v) is 7.70. The number of nitrogens with zero attached hydrogens (tertiary/aromatic N) is 2. The normalized spacial score (nSPS) is 15.5. The SMILES string of the molecule is COc1ccc(N2CCN(C(=O)CCOCC(F)(F)F)CC2)cc1. The number of rotatable bonds is 6. The molecule has 1 saturated heterocycles. The Bertz CT molecular complexity index is 526. The third-order valence-electron chi connectivity index (χ3n) is 3.80. The molecule has 2 rings (SSSR count). The number of hydrogen-bond donors (Lipinski definition) is 0. The number of alkyl halides is 3. The van der Waals surface area contributed by atoms with Crippen molar-refractivity contribution in [1.82, 2.24) is 4.90 Å². The van der Waals surface area contributed by atoms with Crippen LogP contribution >= 0.6 is 0 Å². The lowest BCUT2D eigenvalue weighted by molar-refractivity contribution is -0.175. The summed E-state index contributed by atoms with van der Waals surface area (Å²) in [4.78, 5) is 15.8. The van der Waals surface area contributed by atoms with Gasteiger partial charge < -0.3 is 19.3 Å². The molecule has 5 nitrogen and oxygen atoms in total. The van der Waals surface area contributed by atoms with Gasteiger partial charge >= 0.3 is 6.18 Å². The molecule has 1 aromatic rings. The van der Waals surface area contributed by atoms with Gasteiger partial charge in [-0.25, -0.2) is 0 Å². The van der Waals surface area contributed by atoms with Crippen LogP contribution in [0.1, 0.15) is 6.42 Å². The highest BCUT2D eigenvalue weighted by atomic mass is 19.4. The van der Waals surface area contributed by atoms with Crippen molar-refractivity contribution in [3.63, 3.8) is 0 Å². The number of benzene rings is 1. The molecule has 0 aliphatic carbocycles. The maximum absolute atomic E-state index is 12.0. The van der Waals surface area contributed by atoms with Crippen molar-refractivity contribution in [2.24, 2.45) is 0 Å². The average Bonchev–Trinajstić information content (AvgIpc) is 2.58. The van der Waals surface area contributed by atoms with Crippen LogP contribution in [-0.4, -0.2) is 63.5 Å². The van der Waals surface area contributed by atoms with Gasteiger partial charge in [0.15, 0.2) is 0 Å². The van der Waals surface area contributed by atoms with Gasteiger partial charge in [0.05, 0.1) is 20.1 Å². The molecule has 0 spiro atoms. The minimum atomic E-state index is -4.35. The van der Waals surface area contributed by atoms with Crippen molar-refractivity contribution in [2.75, 3.05) is 51.4 Å². The van der Waals surface area contributed by atoms with E-state index in [2.05, 4.69) is 9.64 Å². The van der Waals surface area contributed by atoms with Gasteiger partial charge in [-0.3, -0.25) is 4.79 Å². The zero-order chi connectivity index (χ0) is 17.6. The Balaban J connectivity index is 1.72. The fraction of sp³-hybridized carbons (Fsp3) is 0.562. The molecular formula is C16H21F3N2O3. The third kappa shape index (κ3) is 5.59. The Labute approximate surface area is 138 Å². The van der Waals surface area contributed by atoms with Crippen LogP contribution < -0.4 is 9.64 Å². The number of carbonyl (C=O) groups excluding carboxylic acids is 1. The van der Waals surface area contributed by atoms with E-state index in [1.165, 1.54) is 0 Å². The lowest BCUT2D eigenvalue weighted by Gasteiger charge is -2.36. The van der Waals surface area contributed by atoms with Crippen LogP contribution in [0.2, 0.25) is 0 Å². The van der Waals surface area contributed by atoms with Crippen LogP contribution in [0.25, 0.3) is 0 Å². The first-order chi connectivity index (χ1) is 11.4. The average molecular weight is 346 g/mol. The molecule has 1 fully saturated rings. The van der Waals surface area contributed by atoms with Crippen LogP contribution in [0, 0.1) is 0 Å². The number of ether oxygens (including phenoxy) is 2. The van der Waals surface area contributed by atoms with Crippen molar-refractivity contribution in [2.45, 2.75) is 12.6 Å². The van der Waals surface area contributed by atoms with Gasteiger partial charge in [0.25, 0.3) is 0 Å². The molecule has 0 saturated carbocycles. The van der Waals surface area contributed by atoms with E-state index in [0.717, 1.165) is 11.4 Å². The molecule has 1 heterocycles. The van der Waals surface area contributed by atoms with Gasteiger partial charge in [-0.2, -0.15) is 13.2 Å². The molecule has 8 heteroatoms. The van der Waals surface area contributed by atoms with Crippen molar-refractivity contribution in [3.8, 4) is 5.75 Å². The first-order valence-electron chi connectivity index (χ1n) is 7.70. The van der Waals surface area contributed by atoms with Crippen LogP contribution in [0.5, 0.6) is 5.75 Å². The molecule has 1 aliphatic rings. The van der Waals surface area contributed by atoms with Crippen LogP contribution in [0.15, 0.2) is 24.3 Å². The largest absolute Gasteiger partial charge is 0.497 e. The standard InChI is InChI=1S/C16H21F3N2O3/c1-23-14-4-2-13(3-5-14)20-7-9-21(10-8-20)15(22)6-11-24-12-16(17,18)19/h2-5H,6-12H2,1H3. The van der Waals surface area contributed by atoms with E-state index in [9.17, 15) is 18.0 Å². The lowest BCUT2D eigenvalue weighted by Crippen LogP contribution is -2.49. The monoisotopic (exact) mass is 346 g/mol. The van der Waals surface area contributed by atoms with E-state index in [4.69, 9.17) is 4.74 Å². The molecule has 1 amide bonds. The fourth-order valence-electron chi connectivity index (χ4n) is 2.51. The van der Waals surface area contributed by atoms with Crippen LogP contribution in [-0.2, 0) is 9.53 Å². The highest BCUT2D eigenvalue weighted by Crippen LogP contribution is 2.20. The second-order valence-corrected chi connectivity index (χ2v) is 5.48. The Hall–Kier alpha value is -1.96. The van der Waals surface area contributed by atoms with E-state index >= 15 is 0 Å². The zero-order valence-electron chi connectivity index (χ0n) is 13.5. The molecular weight excluding hydrogens is 325 g/mol. The van der Waals surface area contributed by atoms with Gasteiger partial charge in [-0.05, 0) is 24.3 Å². The van der Waals surface area contributed by atoms with E-state index in [1.54, 1.807) is 12.0 Å². The third-order valence-corrected chi connectivity index (χ3v) is 3.80. The maximum Gasteiger partial charge on any atom is 0.411 e. The molecule has 0 radical (unpaired) electrons. The number of halogens is 3. The molecule has 0 aromatic heterocycles. The number of methoxy groups -OCH3 is 1. The zero-order valence-corrected chi connectivity index (χ0v) is 13.5. The number of hydrogen-bond acceptors (Lipinski definition) is 4. The predicted molar refractivity (Wildman–Crippen MR) is 83.3 cm³/mol. The lowest BCUT2D eigenvalue weighted by atomic mass is 10.2. The molecule has 0 bridgehead atoms. The molecule has 134 valence electrons.